The molecule has 0 aliphatic carbocycles. The minimum absolute atomic E-state index is 0.140. The van der Waals surface area contributed by atoms with Crippen molar-refractivity contribution in [3.8, 4) is 0 Å². The second kappa shape index (κ2) is 8.26. The van der Waals surface area contributed by atoms with Crippen molar-refractivity contribution >= 4 is 32.4 Å². The Kier molecular flexibility index (Phi) is 6.16. The fraction of sp³-hybridized carbons (Fsp3) is 0.526. The lowest BCUT2D eigenvalue weighted by Crippen LogP contribution is -2.42. The van der Waals surface area contributed by atoms with Gasteiger partial charge in [0.15, 0.2) is 0 Å². The molecule has 2 aromatic rings. The molecule has 1 aliphatic rings. The van der Waals surface area contributed by atoms with E-state index in [1.807, 2.05) is 13.8 Å². The van der Waals surface area contributed by atoms with Gasteiger partial charge in [-0.3, -0.25) is 10.1 Å². The van der Waals surface area contributed by atoms with E-state index in [4.69, 9.17) is 0 Å². The molecule has 9 heteroatoms. The lowest BCUT2D eigenvalue weighted by molar-refractivity contribution is 0.102. The number of rotatable bonds is 5. The van der Waals surface area contributed by atoms with Crippen LogP contribution in [0.4, 0.5) is 5.13 Å². The topological polar surface area (TPSA) is 92.3 Å². The van der Waals surface area contributed by atoms with Gasteiger partial charge < -0.3 is 0 Å². The van der Waals surface area contributed by atoms with Crippen molar-refractivity contribution in [2.45, 2.75) is 44.9 Å². The predicted molar refractivity (Wildman–Crippen MR) is 110 cm³/mol. The molecule has 0 spiro atoms. The quantitative estimate of drug-likeness (QED) is 0.795. The maximum atomic E-state index is 13.1. The van der Waals surface area contributed by atoms with Crippen LogP contribution in [0.5, 0.6) is 0 Å². The van der Waals surface area contributed by atoms with Crippen LogP contribution in [0.25, 0.3) is 0 Å². The summed E-state index contributed by atoms with van der Waals surface area (Å²) in [5, 5.41) is 12.0. The van der Waals surface area contributed by atoms with Crippen molar-refractivity contribution in [1.29, 1.82) is 0 Å². The molecule has 152 valence electrons. The Morgan fingerprint density at radius 2 is 1.89 bits per heavy atom. The number of piperidine rings is 1. The summed E-state index contributed by atoms with van der Waals surface area (Å²) in [5.41, 5.74) is 0.278. The second-order valence-corrected chi connectivity index (χ2v) is 10.8. The zero-order chi connectivity index (χ0) is 20.5. The summed E-state index contributed by atoms with van der Waals surface area (Å²) in [4.78, 5) is 12.7. The highest BCUT2D eigenvalue weighted by atomic mass is 32.2. The van der Waals surface area contributed by atoms with Crippen LogP contribution in [0.2, 0.25) is 0 Å². The van der Waals surface area contributed by atoms with Crippen molar-refractivity contribution in [2.24, 2.45) is 11.8 Å². The van der Waals surface area contributed by atoms with Crippen LogP contribution in [-0.2, 0) is 10.0 Å². The summed E-state index contributed by atoms with van der Waals surface area (Å²) in [7, 11) is -3.64. The summed E-state index contributed by atoms with van der Waals surface area (Å²) in [6, 6.07) is 6.16. The van der Waals surface area contributed by atoms with Gasteiger partial charge in [-0.05, 0) is 36.5 Å². The van der Waals surface area contributed by atoms with Gasteiger partial charge >= 0.3 is 0 Å². The summed E-state index contributed by atoms with van der Waals surface area (Å²) >= 11 is 1.32. The van der Waals surface area contributed by atoms with Crippen LogP contribution in [0, 0.1) is 11.8 Å². The lowest BCUT2D eigenvalue weighted by atomic mass is 9.94. The van der Waals surface area contributed by atoms with Gasteiger partial charge in [0.2, 0.25) is 15.2 Å². The molecular formula is C19H26N4O3S2. The molecular weight excluding hydrogens is 396 g/mol. The van der Waals surface area contributed by atoms with E-state index in [-0.39, 0.29) is 16.4 Å². The second-order valence-electron chi connectivity index (χ2n) is 7.85. The molecule has 1 saturated heterocycles. The van der Waals surface area contributed by atoms with Crippen LogP contribution < -0.4 is 5.32 Å². The number of nitrogens with zero attached hydrogens (tertiary/aromatic N) is 3. The van der Waals surface area contributed by atoms with Crippen molar-refractivity contribution < 1.29 is 13.2 Å². The zero-order valence-electron chi connectivity index (χ0n) is 16.5. The van der Waals surface area contributed by atoms with E-state index >= 15 is 0 Å². The molecule has 28 heavy (non-hydrogen) atoms. The summed E-state index contributed by atoms with van der Waals surface area (Å²) in [6.45, 7) is 9.15. The van der Waals surface area contributed by atoms with Crippen molar-refractivity contribution in [1.82, 2.24) is 14.5 Å². The third-order valence-electron chi connectivity index (χ3n) is 4.72. The lowest BCUT2D eigenvalue weighted by Gasteiger charge is -2.34. The minimum Gasteiger partial charge on any atom is -0.296 e. The number of aromatic nitrogens is 2. The third-order valence-corrected chi connectivity index (χ3v) is 7.69. The fourth-order valence-electron chi connectivity index (χ4n) is 3.44. The number of nitrogens with one attached hydrogen (secondary N) is 1. The number of carbonyl (C=O) groups is 1. The Labute approximate surface area is 170 Å². The van der Waals surface area contributed by atoms with E-state index in [1.165, 1.54) is 27.8 Å². The largest absolute Gasteiger partial charge is 0.296 e. The smallest absolute Gasteiger partial charge is 0.257 e. The van der Waals surface area contributed by atoms with Gasteiger partial charge in [-0.25, -0.2) is 8.42 Å². The first kappa shape index (κ1) is 20.9. The van der Waals surface area contributed by atoms with Crippen molar-refractivity contribution in [3.63, 3.8) is 0 Å². The molecule has 0 bridgehead atoms. The maximum Gasteiger partial charge on any atom is 0.257 e. The third kappa shape index (κ3) is 4.59. The van der Waals surface area contributed by atoms with Gasteiger partial charge in [-0.2, -0.15) is 4.31 Å². The molecule has 1 fully saturated rings. The first-order valence-electron chi connectivity index (χ1n) is 9.41. The number of carbonyl (C=O) groups excluding carboxylic acids is 1. The molecule has 0 radical (unpaired) electrons. The van der Waals surface area contributed by atoms with E-state index in [9.17, 15) is 13.2 Å². The van der Waals surface area contributed by atoms with E-state index in [2.05, 4.69) is 29.4 Å². The van der Waals surface area contributed by atoms with Crippen LogP contribution >= 0.6 is 11.3 Å². The SMILES string of the molecule is CC1CC(C)CN(S(=O)(=O)c2cccc(C(=O)Nc3nnc(C(C)C)s3)c2)C1. The first-order chi connectivity index (χ1) is 13.2. The highest BCUT2D eigenvalue weighted by molar-refractivity contribution is 7.89. The number of anilines is 1. The van der Waals surface area contributed by atoms with Gasteiger partial charge in [0.1, 0.15) is 5.01 Å². The maximum absolute atomic E-state index is 13.1. The molecule has 1 aliphatic heterocycles. The monoisotopic (exact) mass is 422 g/mol. The molecule has 2 heterocycles. The molecule has 1 amide bonds. The Morgan fingerprint density at radius 1 is 1.21 bits per heavy atom. The molecule has 1 aromatic heterocycles. The van der Waals surface area contributed by atoms with Gasteiger partial charge in [-0.1, -0.05) is 45.1 Å². The molecule has 0 saturated carbocycles. The van der Waals surface area contributed by atoms with Crippen molar-refractivity contribution in [2.75, 3.05) is 18.4 Å². The molecule has 3 rings (SSSR count). The highest BCUT2D eigenvalue weighted by Crippen LogP contribution is 2.27. The van der Waals surface area contributed by atoms with Crippen LogP contribution in [-0.4, -0.2) is 41.9 Å². The standard InChI is InChI=1S/C19H26N4O3S2/c1-12(2)18-21-22-19(27-18)20-17(24)15-6-5-7-16(9-15)28(25,26)23-10-13(3)8-14(4)11-23/h5-7,9,12-14H,8,10-11H2,1-4H3,(H,20,22,24). The number of hydrogen-bond acceptors (Lipinski definition) is 6. The summed E-state index contributed by atoms with van der Waals surface area (Å²) in [5.74, 6) is 0.463. The molecule has 1 aromatic carbocycles. The number of hydrogen-bond donors (Lipinski definition) is 1. The van der Waals surface area contributed by atoms with Gasteiger partial charge in [0.25, 0.3) is 5.91 Å². The van der Waals surface area contributed by atoms with Crippen LogP contribution in [0.15, 0.2) is 29.2 Å². The Balaban J connectivity index is 1.80. The van der Waals surface area contributed by atoms with E-state index in [1.54, 1.807) is 12.1 Å². The number of sulfonamides is 1. The van der Waals surface area contributed by atoms with Gasteiger partial charge in [0.05, 0.1) is 4.90 Å². The summed E-state index contributed by atoms with van der Waals surface area (Å²) in [6.07, 6.45) is 1.02. The highest BCUT2D eigenvalue weighted by Gasteiger charge is 2.32. The van der Waals surface area contributed by atoms with E-state index < -0.39 is 15.9 Å². The zero-order valence-corrected chi connectivity index (χ0v) is 18.2. The minimum atomic E-state index is -3.64. The molecule has 7 nitrogen and oxygen atoms in total. The van der Waals surface area contributed by atoms with E-state index in [0.29, 0.717) is 30.1 Å². The number of benzene rings is 1. The average molecular weight is 423 g/mol. The van der Waals surface area contributed by atoms with Crippen molar-refractivity contribution in [3.05, 3.63) is 34.8 Å². The predicted octanol–water partition coefficient (Wildman–Crippen LogP) is 3.58. The molecule has 2 atom stereocenters. The van der Waals surface area contributed by atoms with E-state index in [0.717, 1.165) is 11.4 Å². The van der Waals surface area contributed by atoms with Gasteiger partial charge in [0, 0.05) is 24.6 Å². The Bertz CT molecular complexity index is 946. The van der Waals surface area contributed by atoms with Gasteiger partial charge in [-0.15, -0.1) is 10.2 Å². The average Bonchev–Trinajstić information content (AvgIpc) is 3.10. The number of amides is 1. The Hall–Kier alpha value is -1.84. The first-order valence-corrected chi connectivity index (χ1v) is 11.7. The normalized spacial score (nSPS) is 21.0. The Morgan fingerprint density at radius 3 is 2.50 bits per heavy atom. The molecule has 1 N–H and O–H groups in total. The molecule has 2 unspecified atom stereocenters. The fourth-order valence-corrected chi connectivity index (χ4v) is 5.90. The van der Waals surface area contributed by atoms with Crippen LogP contribution in [0.1, 0.15) is 55.4 Å². The van der Waals surface area contributed by atoms with Crippen LogP contribution in [0.3, 0.4) is 0 Å². The summed E-state index contributed by atoms with van der Waals surface area (Å²) < 4.78 is 27.7.